The first-order chi connectivity index (χ1) is 13.2. The molecule has 0 atom stereocenters. The smallest absolute Gasteiger partial charge is 0.236 e. The fraction of sp³-hybridized carbons (Fsp3) is 0.273. The summed E-state index contributed by atoms with van der Waals surface area (Å²) in [6, 6.07) is 18.1. The number of hydrogen-bond acceptors (Lipinski definition) is 4. The molecule has 1 aromatic heterocycles. The maximum absolute atomic E-state index is 12.8. The predicted octanol–water partition coefficient (Wildman–Crippen LogP) is 3.09. The summed E-state index contributed by atoms with van der Waals surface area (Å²) in [7, 11) is 1.85. The van der Waals surface area contributed by atoms with Gasteiger partial charge in [-0.15, -0.1) is 0 Å². The molecule has 2 heterocycles. The average molecular weight is 361 g/mol. The number of carbonyl (C=O) groups excluding carboxylic acids is 1. The van der Waals surface area contributed by atoms with Crippen LogP contribution in [0.4, 0.5) is 0 Å². The van der Waals surface area contributed by atoms with Gasteiger partial charge >= 0.3 is 0 Å². The lowest BCUT2D eigenvalue weighted by atomic mass is 10.1. The van der Waals surface area contributed by atoms with E-state index in [0.29, 0.717) is 19.7 Å². The number of pyridine rings is 1. The highest BCUT2D eigenvalue weighted by Crippen LogP contribution is 2.22. The molecule has 0 unspecified atom stereocenters. The van der Waals surface area contributed by atoms with Crippen molar-refractivity contribution >= 4 is 16.8 Å². The third-order valence-electron chi connectivity index (χ3n) is 4.94. The van der Waals surface area contributed by atoms with Gasteiger partial charge in [-0.1, -0.05) is 42.5 Å². The summed E-state index contributed by atoms with van der Waals surface area (Å²) in [6.45, 7) is 3.00. The zero-order valence-electron chi connectivity index (χ0n) is 15.5. The topological polar surface area (TPSA) is 45.7 Å². The molecule has 0 bridgehead atoms. The molecule has 4 rings (SSSR count). The first-order valence-corrected chi connectivity index (χ1v) is 9.20. The van der Waals surface area contributed by atoms with Crippen molar-refractivity contribution in [2.45, 2.75) is 13.1 Å². The van der Waals surface area contributed by atoms with Crippen LogP contribution < -0.4 is 4.74 Å². The first-order valence-electron chi connectivity index (χ1n) is 9.20. The van der Waals surface area contributed by atoms with Crippen molar-refractivity contribution in [2.75, 3.05) is 26.7 Å². The van der Waals surface area contributed by atoms with E-state index in [1.54, 1.807) is 11.1 Å². The molecule has 0 saturated carbocycles. The van der Waals surface area contributed by atoms with E-state index in [9.17, 15) is 4.79 Å². The number of benzene rings is 2. The van der Waals surface area contributed by atoms with Gasteiger partial charge < -0.3 is 9.64 Å². The quantitative estimate of drug-likeness (QED) is 0.716. The molecule has 1 aliphatic rings. The Hall–Kier alpha value is -2.92. The third-order valence-corrected chi connectivity index (χ3v) is 4.94. The van der Waals surface area contributed by atoms with Crippen LogP contribution in [0.2, 0.25) is 0 Å². The minimum Gasteiger partial charge on any atom is -0.492 e. The Bertz CT molecular complexity index is 952. The number of hydrogen-bond donors (Lipinski definition) is 0. The van der Waals surface area contributed by atoms with E-state index >= 15 is 0 Å². The van der Waals surface area contributed by atoms with E-state index in [1.165, 1.54) is 0 Å². The van der Waals surface area contributed by atoms with Gasteiger partial charge in [-0.2, -0.15) is 0 Å². The van der Waals surface area contributed by atoms with Crippen LogP contribution in [0.15, 0.2) is 60.8 Å². The first kappa shape index (κ1) is 17.5. The number of amides is 1. The van der Waals surface area contributed by atoms with E-state index in [1.807, 2.05) is 55.6 Å². The molecule has 3 aromatic rings. The maximum Gasteiger partial charge on any atom is 0.236 e. The highest BCUT2D eigenvalue weighted by atomic mass is 16.5. The zero-order chi connectivity index (χ0) is 18.6. The molecule has 5 nitrogen and oxygen atoms in total. The molecule has 0 radical (unpaired) electrons. The van der Waals surface area contributed by atoms with Crippen LogP contribution in [0, 0.1) is 0 Å². The molecule has 1 aliphatic heterocycles. The number of rotatable bonds is 4. The number of carbonyl (C=O) groups is 1. The normalized spacial score (nSPS) is 14.3. The van der Waals surface area contributed by atoms with Crippen LogP contribution >= 0.6 is 0 Å². The van der Waals surface area contributed by atoms with Gasteiger partial charge in [-0.05, 0) is 17.7 Å². The zero-order valence-corrected chi connectivity index (χ0v) is 15.5. The van der Waals surface area contributed by atoms with Crippen molar-refractivity contribution in [2.24, 2.45) is 0 Å². The van der Waals surface area contributed by atoms with Gasteiger partial charge in [0.1, 0.15) is 12.4 Å². The van der Waals surface area contributed by atoms with Crippen molar-refractivity contribution in [1.29, 1.82) is 0 Å². The highest BCUT2D eigenvalue weighted by molar-refractivity contribution is 5.83. The number of nitrogens with zero attached hydrogens (tertiary/aromatic N) is 3. The lowest BCUT2D eigenvalue weighted by Crippen LogP contribution is -2.38. The van der Waals surface area contributed by atoms with Crippen LogP contribution in [0.25, 0.3) is 10.9 Å². The van der Waals surface area contributed by atoms with Crippen molar-refractivity contribution in [1.82, 2.24) is 14.8 Å². The molecule has 2 aromatic carbocycles. The third kappa shape index (κ3) is 3.93. The molecule has 138 valence electrons. The van der Waals surface area contributed by atoms with Crippen LogP contribution in [-0.4, -0.2) is 47.4 Å². The van der Waals surface area contributed by atoms with Crippen molar-refractivity contribution in [3.63, 3.8) is 0 Å². The largest absolute Gasteiger partial charge is 0.492 e. The summed E-state index contributed by atoms with van der Waals surface area (Å²) < 4.78 is 5.79. The van der Waals surface area contributed by atoms with Gasteiger partial charge in [0.25, 0.3) is 0 Å². The monoisotopic (exact) mass is 361 g/mol. The minimum absolute atomic E-state index is 0.0994. The van der Waals surface area contributed by atoms with E-state index < -0.39 is 0 Å². The van der Waals surface area contributed by atoms with E-state index in [0.717, 1.165) is 40.9 Å². The molecule has 0 spiro atoms. The van der Waals surface area contributed by atoms with Gasteiger partial charge in [-0.3, -0.25) is 14.7 Å². The Morgan fingerprint density at radius 3 is 2.93 bits per heavy atom. The van der Waals surface area contributed by atoms with Gasteiger partial charge in [0.15, 0.2) is 0 Å². The predicted molar refractivity (Wildman–Crippen MR) is 105 cm³/mol. The molecule has 5 heteroatoms. The number of aromatic nitrogens is 1. The lowest BCUT2D eigenvalue weighted by Gasteiger charge is -2.23. The van der Waals surface area contributed by atoms with Crippen molar-refractivity contribution < 1.29 is 9.53 Å². The van der Waals surface area contributed by atoms with Crippen molar-refractivity contribution in [3.8, 4) is 5.75 Å². The highest BCUT2D eigenvalue weighted by Gasteiger charge is 2.19. The number of likely N-dealkylation sites (N-methyl/N-ethyl adjacent to an activating group) is 1. The van der Waals surface area contributed by atoms with Gasteiger partial charge in [0, 0.05) is 43.8 Å². The molecule has 1 amide bonds. The van der Waals surface area contributed by atoms with Gasteiger partial charge in [0.05, 0.1) is 12.1 Å². The Balaban J connectivity index is 1.43. The number of fused-ring (bicyclic) bond motifs is 2. The van der Waals surface area contributed by atoms with Crippen molar-refractivity contribution in [3.05, 3.63) is 71.9 Å². The number of ether oxygens (including phenoxy) is 1. The second-order valence-corrected chi connectivity index (χ2v) is 6.91. The fourth-order valence-electron chi connectivity index (χ4n) is 3.47. The molecule has 0 fully saturated rings. The fourth-order valence-corrected chi connectivity index (χ4v) is 3.47. The van der Waals surface area contributed by atoms with Crippen LogP contribution in [-0.2, 0) is 17.9 Å². The minimum atomic E-state index is 0.0994. The maximum atomic E-state index is 12.8. The Kier molecular flexibility index (Phi) is 5.03. The summed E-state index contributed by atoms with van der Waals surface area (Å²) in [4.78, 5) is 21.2. The Morgan fingerprint density at radius 2 is 2.00 bits per heavy atom. The molecule has 27 heavy (non-hydrogen) atoms. The van der Waals surface area contributed by atoms with E-state index in [2.05, 4.69) is 16.0 Å². The molecular formula is C22H23N3O2. The Morgan fingerprint density at radius 1 is 1.15 bits per heavy atom. The van der Waals surface area contributed by atoms with Gasteiger partial charge in [-0.25, -0.2) is 0 Å². The molecular weight excluding hydrogens is 338 g/mol. The number of para-hydroxylation sites is 2. The Labute approximate surface area is 159 Å². The van der Waals surface area contributed by atoms with Crippen LogP contribution in [0.3, 0.4) is 0 Å². The summed E-state index contributed by atoms with van der Waals surface area (Å²) >= 11 is 0. The molecule has 0 saturated heterocycles. The van der Waals surface area contributed by atoms with E-state index in [4.69, 9.17) is 4.74 Å². The summed E-state index contributed by atoms with van der Waals surface area (Å²) in [5.74, 6) is 1.02. The van der Waals surface area contributed by atoms with Crippen LogP contribution in [0.1, 0.15) is 11.1 Å². The SMILES string of the molecule is CN(Cc1cccc2cccnc12)C(=O)CN1CCOc2ccccc2C1. The summed E-state index contributed by atoms with van der Waals surface area (Å²) in [6.07, 6.45) is 1.79. The van der Waals surface area contributed by atoms with E-state index in [-0.39, 0.29) is 5.91 Å². The summed E-state index contributed by atoms with van der Waals surface area (Å²) in [5.41, 5.74) is 3.15. The average Bonchev–Trinajstić information content (AvgIpc) is 2.90. The molecule has 0 N–H and O–H groups in total. The molecule has 0 aliphatic carbocycles. The second kappa shape index (κ2) is 7.76. The standard InChI is InChI=1S/C22H23N3O2/c1-24(14-19-8-4-7-17-9-5-11-23-22(17)19)21(26)16-25-12-13-27-20-10-3-2-6-18(20)15-25/h2-11H,12-16H2,1H3. The second-order valence-electron chi connectivity index (χ2n) is 6.91. The van der Waals surface area contributed by atoms with Gasteiger partial charge in [0.2, 0.25) is 5.91 Å². The lowest BCUT2D eigenvalue weighted by molar-refractivity contribution is -0.131. The van der Waals surface area contributed by atoms with Crippen LogP contribution in [0.5, 0.6) is 5.75 Å². The summed E-state index contributed by atoms with van der Waals surface area (Å²) in [5, 5.41) is 1.09.